The molecule has 94 valence electrons. The van der Waals surface area contributed by atoms with Gasteiger partial charge in [-0.25, -0.2) is 9.97 Å². The molecule has 1 atom stereocenters. The summed E-state index contributed by atoms with van der Waals surface area (Å²) in [6.45, 7) is 9.65. The summed E-state index contributed by atoms with van der Waals surface area (Å²) in [5.41, 5.74) is 2.60. The van der Waals surface area contributed by atoms with Gasteiger partial charge >= 0.3 is 0 Å². The van der Waals surface area contributed by atoms with Crippen molar-refractivity contribution in [1.82, 2.24) is 15.3 Å². The van der Waals surface area contributed by atoms with Crippen LogP contribution in [0.4, 0.5) is 0 Å². The first-order chi connectivity index (χ1) is 8.02. The van der Waals surface area contributed by atoms with Crippen molar-refractivity contribution in [1.29, 1.82) is 0 Å². The van der Waals surface area contributed by atoms with Crippen LogP contribution in [0.3, 0.4) is 0 Å². The van der Waals surface area contributed by atoms with Crippen LogP contribution in [0.1, 0.15) is 63.7 Å². The molecule has 17 heavy (non-hydrogen) atoms. The molecule has 1 unspecified atom stereocenters. The van der Waals surface area contributed by atoms with Crippen molar-refractivity contribution >= 4 is 0 Å². The van der Waals surface area contributed by atoms with Crippen molar-refractivity contribution < 1.29 is 0 Å². The first kappa shape index (κ1) is 12.5. The van der Waals surface area contributed by atoms with Gasteiger partial charge in [-0.1, -0.05) is 27.7 Å². The molecule has 1 aromatic rings. The summed E-state index contributed by atoms with van der Waals surface area (Å²) in [6, 6.07) is 0.456. The Bertz CT molecular complexity index is 393. The Morgan fingerprint density at radius 1 is 1.41 bits per heavy atom. The monoisotopic (exact) mass is 233 g/mol. The maximum absolute atomic E-state index is 4.77. The molecule has 1 heterocycles. The molecule has 1 aliphatic rings. The van der Waals surface area contributed by atoms with Gasteiger partial charge < -0.3 is 5.32 Å². The fraction of sp³-hybridized carbons (Fsp3) is 0.714. The van der Waals surface area contributed by atoms with Crippen molar-refractivity contribution in [3.05, 3.63) is 23.3 Å². The van der Waals surface area contributed by atoms with E-state index in [4.69, 9.17) is 4.98 Å². The lowest BCUT2D eigenvalue weighted by atomic mass is 9.90. The molecule has 0 fully saturated rings. The molecule has 0 bridgehead atoms. The van der Waals surface area contributed by atoms with Crippen molar-refractivity contribution in [2.45, 2.75) is 58.4 Å². The average molecular weight is 233 g/mol. The van der Waals surface area contributed by atoms with Crippen LogP contribution < -0.4 is 5.32 Å². The largest absolute Gasteiger partial charge is 0.310 e. The third kappa shape index (κ3) is 2.65. The molecular formula is C14H23N3. The van der Waals surface area contributed by atoms with E-state index in [1.165, 1.54) is 24.1 Å². The minimum Gasteiger partial charge on any atom is -0.310 e. The highest BCUT2D eigenvalue weighted by Crippen LogP contribution is 2.29. The van der Waals surface area contributed by atoms with Gasteiger partial charge in [0.15, 0.2) is 0 Å². The lowest BCUT2D eigenvalue weighted by molar-refractivity contribution is 0.455. The maximum atomic E-state index is 4.77. The predicted molar refractivity (Wildman–Crippen MR) is 70.1 cm³/mol. The topological polar surface area (TPSA) is 37.8 Å². The lowest BCUT2D eigenvalue weighted by Crippen LogP contribution is -2.27. The Kier molecular flexibility index (Phi) is 3.48. The van der Waals surface area contributed by atoms with Crippen molar-refractivity contribution in [2.24, 2.45) is 0 Å². The Morgan fingerprint density at radius 3 is 2.82 bits per heavy atom. The summed E-state index contributed by atoms with van der Waals surface area (Å²) in [4.78, 5) is 9.31. The molecule has 1 aliphatic carbocycles. The molecule has 2 rings (SSSR count). The quantitative estimate of drug-likeness (QED) is 0.853. The van der Waals surface area contributed by atoms with Gasteiger partial charge in [0.1, 0.15) is 5.82 Å². The number of nitrogens with one attached hydrogen (secondary N) is 1. The van der Waals surface area contributed by atoms with Gasteiger partial charge in [0.25, 0.3) is 0 Å². The number of nitrogens with zero attached hydrogens (tertiary/aromatic N) is 2. The molecular weight excluding hydrogens is 210 g/mol. The van der Waals surface area contributed by atoms with Gasteiger partial charge in [0.05, 0.1) is 0 Å². The predicted octanol–water partition coefficient (Wildman–Crippen LogP) is 2.76. The first-order valence-electron chi connectivity index (χ1n) is 6.62. The van der Waals surface area contributed by atoms with E-state index in [1.807, 2.05) is 6.20 Å². The first-order valence-corrected chi connectivity index (χ1v) is 6.62. The van der Waals surface area contributed by atoms with Gasteiger partial charge in [-0.15, -0.1) is 0 Å². The number of aromatic nitrogens is 2. The Hall–Kier alpha value is -0.960. The second-order valence-electron chi connectivity index (χ2n) is 5.85. The second kappa shape index (κ2) is 4.73. The summed E-state index contributed by atoms with van der Waals surface area (Å²) in [7, 11) is 0. The zero-order valence-corrected chi connectivity index (χ0v) is 11.4. The number of rotatable bonds is 2. The normalized spacial score (nSPS) is 20.1. The van der Waals surface area contributed by atoms with E-state index in [1.54, 1.807) is 0 Å². The Morgan fingerprint density at radius 2 is 2.18 bits per heavy atom. The molecule has 1 N–H and O–H groups in total. The van der Waals surface area contributed by atoms with Crippen molar-refractivity contribution in [2.75, 3.05) is 6.54 Å². The van der Waals surface area contributed by atoms with Crippen LogP contribution in [0.25, 0.3) is 0 Å². The molecule has 3 nitrogen and oxygen atoms in total. The van der Waals surface area contributed by atoms with E-state index in [0.717, 1.165) is 18.8 Å². The summed E-state index contributed by atoms with van der Waals surface area (Å²) in [6.07, 6.45) is 5.57. The highest BCUT2D eigenvalue weighted by molar-refractivity contribution is 5.25. The highest BCUT2D eigenvalue weighted by Gasteiger charge is 2.24. The van der Waals surface area contributed by atoms with Crippen LogP contribution >= 0.6 is 0 Å². The molecule has 0 amide bonds. The molecule has 3 heteroatoms. The zero-order chi connectivity index (χ0) is 12.5. The van der Waals surface area contributed by atoms with Crippen LogP contribution in [-0.4, -0.2) is 16.5 Å². The van der Waals surface area contributed by atoms with Gasteiger partial charge in [-0.2, -0.15) is 0 Å². The lowest BCUT2D eigenvalue weighted by Gasteiger charge is -2.27. The summed E-state index contributed by atoms with van der Waals surface area (Å²) in [5, 5.41) is 3.52. The zero-order valence-electron chi connectivity index (χ0n) is 11.4. The minimum absolute atomic E-state index is 0.0418. The number of hydrogen-bond acceptors (Lipinski definition) is 3. The number of aryl methyl sites for hydroxylation is 1. The third-order valence-corrected chi connectivity index (χ3v) is 3.30. The highest BCUT2D eigenvalue weighted by atomic mass is 14.9. The maximum Gasteiger partial charge on any atom is 0.133 e. The third-order valence-electron chi connectivity index (χ3n) is 3.30. The Balaban J connectivity index is 2.33. The van der Waals surface area contributed by atoms with Gasteiger partial charge in [-0.3, -0.25) is 0 Å². The summed E-state index contributed by atoms with van der Waals surface area (Å²) < 4.78 is 0. The van der Waals surface area contributed by atoms with E-state index >= 15 is 0 Å². The van der Waals surface area contributed by atoms with Crippen LogP contribution in [0.2, 0.25) is 0 Å². The van der Waals surface area contributed by atoms with E-state index in [9.17, 15) is 0 Å². The van der Waals surface area contributed by atoms with Crippen LogP contribution in [0, 0.1) is 0 Å². The molecule has 0 spiro atoms. The fourth-order valence-corrected chi connectivity index (χ4v) is 2.37. The van der Waals surface area contributed by atoms with E-state index in [0.29, 0.717) is 6.04 Å². The molecule has 0 saturated carbocycles. The number of hydrogen-bond donors (Lipinski definition) is 1. The molecule has 0 aromatic carbocycles. The summed E-state index contributed by atoms with van der Waals surface area (Å²) >= 11 is 0. The minimum atomic E-state index is 0.0418. The van der Waals surface area contributed by atoms with Gasteiger partial charge in [-0.05, 0) is 25.8 Å². The van der Waals surface area contributed by atoms with Crippen LogP contribution in [0.5, 0.6) is 0 Å². The van der Waals surface area contributed by atoms with E-state index in [-0.39, 0.29) is 5.41 Å². The molecule has 1 aromatic heterocycles. The van der Waals surface area contributed by atoms with E-state index in [2.05, 4.69) is 38.0 Å². The number of fused-ring (bicyclic) bond motifs is 1. The SMILES string of the molecule is CCNC1CCCc2nc(C(C)(C)C)ncc21. The van der Waals surface area contributed by atoms with Crippen molar-refractivity contribution in [3.63, 3.8) is 0 Å². The second-order valence-corrected chi connectivity index (χ2v) is 5.85. The molecule has 0 radical (unpaired) electrons. The molecule has 0 saturated heterocycles. The summed E-state index contributed by atoms with van der Waals surface area (Å²) in [5.74, 6) is 0.966. The van der Waals surface area contributed by atoms with Gasteiger partial charge in [0, 0.05) is 28.9 Å². The van der Waals surface area contributed by atoms with Crippen LogP contribution in [-0.2, 0) is 11.8 Å². The van der Waals surface area contributed by atoms with E-state index < -0.39 is 0 Å². The van der Waals surface area contributed by atoms with Gasteiger partial charge in [0.2, 0.25) is 0 Å². The average Bonchev–Trinajstić information content (AvgIpc) is 2.28. The van der Waals surface area contributed by atoms with Crippen molar-refractivity contribution in [3.8, 4) is 0 Å². The Labute approximate surface area is 104 Å². The standard InChI is InChI=1S/C14H23N3/c1-5-15-11-7-6-8-12-10(11)9-16-13(17-12)14(2,3)4/h9,11,15H,5-8H2,1-4H3. The van der Waals surface area contributed by atoms with Crippen LogP contribution in [0.15, 0.2) is 6.20 Å². The smallest absolute Gasteiger partial charge is 0.133 e. The molecule has 0 aliphatic heterocycles. The fourth-order valence-electron chi connectivity index (χ4n) is 2.37.